The number of hydrogen-bond acceptors (Lipinski definition) is 6. The number of ether oxygens (including phenoxy) is 1. The quantitative estimate of drug-likeness (QED) is 0.827. The number of nitrogens with zero attached hydrogens (tertiary/aromatic N) is 5. The summed E-state index contributed by atoms with van der Waals surface area (Å²) in [6.45, 7) is 6.72. The Morgan fingerprint density at radius 1 is 1.07 bits per heavy atom. The lowest BCUT2D eigenvalue weighted by Gasteiger charge is -2.32. The van der Waals surface area contributed by atoms with Gasteiger partial charge in [0.25, 0.3) is 5.91 Å². The molecule has 0 saturated carbocycles. The van der Waals surface area contributed by atoms with E-state index in [0.29, 0.717) is 11.5 Å². The number of morpholine rings is 1. The average molecular weight is 367 g/mol. The van der Waals surface area contributed by atoms with Gasteiger partial charge in [0.1, 0.15) is 11.6 Å². The SMILES string of the molecule is Cc1cc(N2CCOCC2)nc(C2CCN(C(=O)c3ccncc3)CC2)n1. The van der Waals surface area contributed by atoms with Gasteiger partial charge < -0.3 is 14.5 Å². The van der Waals surface area contributed by atoms with Crippen molar-refractivity contribution in [3.63, 3.8) is 0 Å². The molecular weight excluding hydrogens is 342 g/mol. The van der Waals surface area contributed by atoms with E-state index < -0.39 is 0 Å². The molecule has 0 radical (unpaired) electrons. The number of carbonyl (C=O) groups excluding carboxylic acids is 1. The monoisotopic (exact) mass is 367 g/mol. The summed E-state index contributed by atoms with van der Waals surface area (Å²) in [6, 6.07) is 5.59. The lowest BCUT2D eigenvalue weighted by atomic mass is 9.95. The first kappa shape index (κ1) is 17.9. The summed E-state index contributed by atoms with van der Waals surface area (Å²) in [6.07, 6.45) is 5.10. The van der Waals surface area contributed by atoms with E-state index in [-0.39, 0.29) is 5.91 Å². The lowest BCUT2D eigenvalue weighted by Crippen LogP contribution is -2.39. The van der Waals surface area contributed by atoms with E-state index in [1.54, 1.807) is 24.5 Å². The third kappa shape index (κ3) is 4.08. The number of amides is 1. The standard InChI is InChI=1S/C20H25N5O2/c1-15-14-18(24-10-12-27-13-11-24)23-19(22-15)16-4-8-25(9-5-16)20(26)17-2-6-21-7-3-17/h2-3,6-7,14,16H,4-5,8-13H2,1H3. The minimum atomic E-state index is 0.0787. The Labute approximate surface area is 159 Å². The fraction of sp³-hybridized carbons (Fsp3) is 0.500. The van der Waals surface area contributed by atoms with Gasteiger partial charge in [-0.2, -0.15) is 0 Å². The summed E-state index contributed by atoms with van der Waals surface area (Å²) in [5.41, 5.74) is 1.70. The Morgan fingerprint density at radius 3 is 2.48 bits per heavy atom. The molecule has 0 unspecified atom stereocenters. The van der Waals surface area contributed by atoms with Crippen LogP contribution in [0, 0.1) is 6.92 Å². The molecule has 0 aromatic carbocycles. The Morgan fingerprint density at radius 2 is 1.78 bits per heavy atom. The smallest absolute Gasteiger partial charge is 0.253 e. The van der Waals surface area contributed by atoms with Crippen molar-refractivity contribution in [1.82, 2.24) is 19.9 Å². The number of anilines is 1. The van der Waals surface area contributed by atoms with E-state index in [0.717, 1.165) is 69.6 Å². The maximum atomic E-state index is 12.6. The molecule has 0 N–H and O–H groups in total. The second-order valence-electron chi connectivity index (χ2n) is 7.13. The van der Waals surface area contributed by atoms with Gasteiger partial charge in [-0.1, -0.05) is 0 Å². The molecule has 0 aliphatic carbocycles. The maximum absolute atomic E-state index is 12.6. The first-order chi connectivity index (χ1) is 13.2. The number of likely N-dealkylation sites (tertiary alicyclic amines) is 1. The Balaban J connectivity index is 1.43. The summed E-state index contributed by atoms with van der Waals surface area (Å²) < 4.78 is 5.44. The van der Waals surface area contributed by atoms with Crippen LogP contribution in [0.25, 0.3) is 0 Å². The van der Waals surface area contributed by atoms with E-state index in [4.69, 9.17) is 14.7 Å². The van der Waals surface area contributed by atoms with Crippen LogP contribution < -0.4 is 4.90 Å². The fourth-order valence-corrected chi connectivity index (χ4v) is 3.73. The van der Waals surface area contributed by atoms with E-state index in [1.165, 1.54) is 0 Å². The predicted molar refractivity (Wildman–Crippen MR) is 102 cm³/mol. The molecule has 2 aromatic rings. The first-order valence-electron chi connectivity index (χ1n) is 9.58. The molecule has 2 saturated heterocycles. The van der Waals surface area contributed by atoms with Crippen LogP contribution in [0.2, 0.25) is 0 Å². The van der Waals surface area contributed by atoms with Gasteiger partial charge in [-0.25, -0.2) is 9.97 Å². The zero-order valence-corrected chi connectivity index (χ0v) is 15.7. The third-order valence-electron chi connectivity index (χ3n) is 5.27. The second kappa shape index (κ2) is 8.00. The van der Waals surface area contributed by atoms with Gasteiger partial charge in [-0.05, 0) is 31.9 Å². The normalized spacial score (nSPS) is 18.6. The van der Waals surface area contributed by atoms with Crippen molar-refractivity contribution in [2.24, 2.45) is 0 Å². The molecule has 2 aliphatic rings. The van der Waals surface area contributed by atoms with Crippen LogP contribution in [0.4, 0.5) is 5.82 Å². The molecule has 27 heavy (non-hydrogen) atoms. The summed E-state index contributed by atoms with van der Waals surface area (Å²) in [5.74, 6) is 2.28. The number of aromatic nitrogens is 3. The Hall–Kier alpha value is -2.54. The largest absolute Gasteiger partial charge is 0.378 e. The average Bonchev–Trinajstić information content (AvgIpc) is 2.74. The maximum Gasteiger partial charge on any atom is 0.253 e. The molecule has 7 heteroatoms. The molecule has 0 spiro atoms. The number of aryl methyl sites for hydroxylation is 1. The molecule has 4 rings (SSSR count). The summed E-state index contributed by atoms with van der Waals surface area (Å²) in [4.78, 5) is 30.3. The molecule has 0 atom stereocenters. The third-order valence-corrected chi connectivity index (χ3v) is 5.27. The predicted octanol–water partition coefficient (Wildman–Crippen LogP) is 2.04. The molecule has 4 heterocycles. The van der Waals surface area contributed by atoms with Crippen molar-refractivity contribution in [3.8, 4) is 0 Å². The molecule has 7 nitrogen and oxygen atoms in total. The lowest BCUT2D eigenvalue weighted by molar-refractivity contribution is 0.0711. The zero-order chi connectivity index (χ0) is 18.6. The van der Waals surface area contributed by atoms with Crippen molar-refractivity contribution in [3.05, 3.63) is 47.7 Å². The molecule has 1 amide bonds. The molecule has 0 bridgehead atoms. The van der Waals surface area contributed by atoms with Crippen molar-refractivity contribution >= 4 is 11.7 Å². The molecule has 142 valence electrons. The Kier molecular flexibility index (Phi) is 5.29. The van der Waals surface area contributed by atoms with Gasteiger partial charge in [0.05, 0.1) is 13.2 Å². The molecular formula is C20H25N5O2. The molecule has 2 aliphatic heterocycles. The van der Waals surface area contributed by atoms with Crippen molar-refractivity contribution in [1.29, 1.82) is 0 Å². The van der Waals surface area contributed by atoms with Crippen molar-refractivity contribution in [2.45, 2.75) is 25.7 Å². The number of hydrogen-bond donors (Lipinski definition) is 0. The van der Waals surface area contributed by atoms with Crippen LogP contribution in [-0.2, 0) is 4.74 Å². The topological polar surface area (TPSA) is 71.5 Å². The molecule has 2 fully saturated rings. The van der Waals surface area contributed by atoms with Crippen molar-refractivity contribution in [2.75, 3.05) is 44.3 Å². The number of pyridine rings is 1. The highest BCUT2D eigenvalue weighted by molar-refractivity contribution is 5.94. The van der Waals surface area contributed by atoms with Gasteiger partial charge in [-0.3, -0.25) is 9.78 Å². The number of carbonyl (C=O) groups is 1. The van der Waals surface area contributed by atoms with E-state index in [1.807, 2.05) is 11.8 Å². The number of rotatable bonds is 3. The minimum absolute atomic E-state index is 0.0787. The minimum Gasteiger partial charge on any atom is -0.378 e. The van der Waals surface area contributed by atoms with E-state index >= 15 is 0 Å². The van der Waals surface area contributed by atoms with Crippen LogP contribution in [-0.4, -0.2) is 65.2 Å². The zero-order valence-electron chi connectivity index (χ0n) is 15.7. The summed E-state index contributed by atoms with van der Waals surface area (Å²) in [5, 5.41) is 0. The number of piperidine rings is 1. The second-order valence-corrected chi connectivity index (χ2v) is 7.13. The van der Waals surface area contributed by atoms with Crippen molar-refractivity contribution < 1.29 is 9.53 Å². The Bertz CT molecular complexity index is 784. The highest BCUT2D eigenvalue weighted by atomic mass is 16.5. The van der Waals surface area contributed by atoms with Crippen LogP contribution in [0.5, 0.6) is 0 Å². The molecule has 2 aromatic heterocycles. The van der Waals surface area contributed by atoms with Crippen LogP contribution in [0.3, 0.4) is 0 Å². The fourth-order valence-electron chi connectivity index (χ4n) is 3.73. The van der Waals surface area contributed by atoms with Crippen LogP contribution in [0.1, 0.15) is 40.6 Å². The van der Waals surface area contributed by atoms with Gasteiger partial charge in [0.2, 0.25) is 0 Å². The highest BCUT2D eigenvalue weighted by Gasteiger charge is 2.27. The van der Waals surface area contributed by atoms with Crippen LogP contribution >= 0.6 is 0 Å². The van der Waals surface area contributed by atoms with Gasteiger partial charge in [0.15, 0.2) is 0 Å². The van der Waals surface area contributed by atoms with E-state index in [2.05, 4.69) is 16.0 Å². The summed E-state index contributed by atoms with van der Waals surface area (Å²) in [7, 11) is 0. The van der Waals surface area contributed by atoms with Gasteiger partial charge in [-0.15, -0.1) is 0 Å². The van der Waals surface area contributed by atoms with E-state index in [9.17, 15) is 4.79 Å². The summed E-state index contributed by atoms with van der Waals surface area (Å²) >= 11 is 0. The van der Waals surface area contributed by atoms with Gasteiger partial charge >= 0.3 is 0 Å². The first-order valence-corrected chi connectivity index (χ1v) is 9.58. The highest BCUT2D eigenvalue weighted by Crippen LogP contribution is 2.28. The van der Waals surface area contributed by atoms with Gasteiger partial charge in [0, 0.05) is 61.8 Å². The van der Waals surface area contributed by atoms with Crippen LogP contribution in [0.15, 0.2) is 30.6 Å².